The lowest BCUT2D eigenvalue weighted by molar-refractivity contribution is 0.296. The molecule has 3 heteroatoms. The van der Waals surface area contributed by atoms with Gasteiger partial charge < -0.3 is 5.11 Å². The van der Waals surface area contributed by atoms with Crippen molar-refractivity contribution in [2.24, 2.45) is 11.8 Å². The Morgan fingerprint density at radius 3 is 2.82 bits per heavy atom. The first-order valence-electron chi connectivity index (χ1n) is 6.26. The van der Waals surface area contributed by atoms with Crippen LogP contribution in [-0.4, -0.2) is 23.1 Å². The zero-order chi connectivity index (χ0) is 12.4. The summed E-state index contributed by atoms with van der Waals surface area (Å²) < 4.78 is 0. The Hall–Kier alpha value is -0.730. The van der Waals surface area contributed by atoms with Crippen LogP contribution in [0.5, 0.6) is 5.75 Å². The van der Waals surface area contributed by atoms with Crippen molar-refractivity contribution >= 4 is 11.6 Å². The number of nitrogens with zero attached hydrogens (tertiary/aromatic N) is 1. The van der Waals surface area contributed by atoms with Gasteiger partial charge in [0.05, 0.1) is 5.02 Å². The Morgan fingerprint density at radius 2 is 2.24 bits per heavy atom. The maximum absolute atomic E-state index is 9.37. The molecule has 0 aromatic heterocycles. The fourth-order valence-corrected chi connectivity index (χ4v) is 2.66. The van der Waals surface area contributed by atoms with E-state index >= 15 is 0 Å². The molecule has 94 valence electrons. The first-order valence-corrected chi connectivity index (χ1v) is 6.64. The van der Waals surface area contributed by atoms with Crippen LogP contribution in [0.25, 0.3) is 0 Å². The Bertz CT molecular complexity index is 392. The van der Waals surface area contributed by atoms with Crippen LogP contribution in [0.2, 0.25) is 5.02 Å². The van der Waals surface area contributed by atoms with Crippen LogP contribution in [0.15, 0.2) is 18.2 Å². The number of aromatic hydroxyl groups is 1. The van der Waals surface area contributed by atoms with Crippen LogP contribution in [0.3, 0.4) is 0 Å². The maximum Gasteiger partial charge on any atom is 0.134 e. The molecule has 0 bridgehead atoms. The molecule has 1 aromatic rings. The summed E-state index contributed by atoms with van der Waals surface area (Å²) in [7, 11) is 0. The molecule has 1 atom stereocenters. The van der Waals surface area contributed by atoms with Gasteiger partial charge in [0.25, 0.3) is 0 Å². The summed E-state index contributed by atoms with van der Waals surface area (Å²) in [5.74, 6) is 1.75. The third-order valence-electron chi connectivity index (χ3n) is 3.67. The zero-order valence-corrected chi connectivity index (χ0v) is 11.2. The maximum atomic E-state index is 9.37. The van der Waals surface area contributed by atoms with E-state index in [-0.39, 0.29) is 5.75 Å². The van der Waals surface area contributed by atoms with Crippen molar-refractivity contribution in [3.8, 4) is 5.75 Å². The van der Waals surface area contributed by atoms with Crippen molar-refractivity contribution in [1.82, 2.24) is 4.90 Å². The minimum absolute atomic E-state index is 0.164. The van der Waals surface area contributed by atoms with Gasteiger partial charge in [-0.1, -0.05) is 31.5 Å². The first-order chi connectivity index (χ1) is 8.06. The molecule has 1 N–H and O–H groups in total. The van der Waals surface area contributed by atoms with E-state index in [2.05, 4.69) is 18.7 Å². The fourth-order valence-electron chi connectivity index (χ4n) is 2.46. The Balaban J connectivity index is 1.96. The number of hydrogen-bond acceptors (Lipinski definition) is 2. The molecule has 2 nitrogen and oxygen atoms in total. The van der Waals surface area contributed by atoms with Gasteiger partial charge in [-0.15, -0.1) is 0 Å². The molecule has 17 heavy (non-hydrogen) atoms. The molecule has 0 aliphatic carbocycles. The Labute approximate surface area is 108 Å². The highest BCUT2D eigenvalue weighted by molar-refractivity contribution is 6.32. The topological polar surface area (TPSA) is 23.5 Å². The van der Waals surface area contributed by atoms with Gasteiger partial charge in [-0.2, -0.15) is 0 Å². The number of halogens is 1. The van der Waals surface area contributed by atoms with Crippen molar-refractivity contribution in [3.63, 3.8) is 0 Å². The number of hydrogen-bond donors (Lipinski definition) is 1. The van der Waals surface area contributed by atoms with Crippen molar-refractivity contribution in [3.05, 3.63) is 28.8 Å². The molecule has 1 aliphatic heterocycles. The first kappa shape index (κ1) is 12.7. The van der Waals surface area contributed by atoms with Crippen LogP contribution in [0, 0.1) is 11.8 Å². The standard InChI is InChI=1S/C14H20ClNO/c1-10(2)12-5-6-16(9-12)8-11-3-4-14(17)13(15)7-11/h3-4,7,10,12,17H,5-6,8-9H2,1-2H3. The molecule has 1 fully saturated rings. The Kier molecular flexibility index (Phi) is 3.95. The number of phenols is 1. The lowest BCUT2D eigenvalue weighted by Gasteiger charge is -2.18. The third-order valence-corrected chi connectivity index (χ3v) is 3.97. The van der Waals surface area contributed by atoms with E-state index < -0.39 is 0 Å². The van der Waals surface area contributed by atoms with E-state index in [1.807, 2.05) is 12.1 Å². The zero-order valence-electron chi connectivity index (χ0n) is 10.5. The molecular weight excluding hydrogens is 234 g/mol. The van der Waals surface area contributed by atoms with Gasteiger partial charge in [0.1, 0.15) is 5.75 Å². The predicted octanol–water partition coefficient (Wildman–Crippen LogP) is 3.52. The second-order valence-electron chi connectivity index (χ2n) is 5.31. The van der Waals surface area contributed by atoms with E-state index in [9.17, 15) is 5.11 Å². The molecule has 0 saturated carbocycles. The highest BCUT2D eigenvalue weighted by atomic mass is 35.5. The predicted molar refractivity (Wildman–Crippen MR) is 71.3 cm³/mol. The van der Waals surface area contributed by atoms with E-state index in [4.69, 9.17) is 11.6 Å². The summed E-state index contributed by atoms with van der Waals surface area (Å²) in [4.78, 5) is 2.47. The summed E-state index contributed by atoms with van der Waals surface area (Å²) in [6, 6.07) is 5.48. The van der Waals surface area contributed by atoms with Gasteiger partial charge >= 0.3 is 0 Å². The lowest BCUT2D eigenvalue weighted by Crippen LogP contribution is -2.21. The highest BCUT2D eigenvalue weighted by Crippen LogP contribution is 2.27. The third kappa shape index (κ3) is 3.14. The molecule has 1 unspecified atom stereocenters. The van der Waals surface area contributed by atoms with Gasteiger partial charge in [-0.05, 0) is 42.5 Å². The van der Waals surface area contributed by atoms with Crippen LogP contribution >= 0.6 is 11.6 Å². The van der Waals surface area contributed by atoms with Crippen LogP contribution < -0.4 is 0 Å². The summed E-state index contributed by atoms with van der Waals surface area (Å²) in [5.41, 5.74) is 1.18. The molecule has 0 amide bonds. The van der Waals surface area contributed by atoms with Gasteiger partial charge in [0.15, 0.2) is 0 Å². The molecule has 1 heterocycles. The average Bonchev–Trinajstić information content (AvgIpc) is 2.72. The van der Waals surface area contributed by atoms with Crippen LogP contribution in [0.1, 0.15) is 25.8 Å². The summed E-state index contributed by atoms with van der Waals surface area (Å²) in [5, 5.41) is 9.82. The number of likely N-dealkylation sites (tertiary alicyclic amines) is 1. The molecule has 1 aliphatic rings. The normalized spacial score (nSPS) is 21.3. The molecule has 1 saturated heterocycles. The van der Waals surface area contributed by atoms with Crippen molar-refractivity contribution in [2.75, 3.05) is 13.1 Å². The smallest absolute Gasteiger partial charge is 0.134 e. The van der Waals surface area contributed by atoms with Gasteiger partial charge in [-0.25, -0.2) is 0 Å². The summed E-state index contributed by atoms with van der Waals surface area (Å²) in [6.45, 7) is 7.87. The summed E-state index contributed by atoms with van der Waals surface area (Å²) >= 11 is 5.91. The van der Waals surface area contributed by atoms with Gasteiger partial charge in [0, 0.05) is 13.1 Å². The highest BCUT2D eigenvalue weighted by Gasteiger charge is 2.24. The summed E-state index contributed by atoms with van der Waals surface area (Å²) in [6.07, 6.45) is 1.30. The number of benzene rings is 1. The molecule has 2 rings (SSSR count). The van der Waals surface area contributed by atoms with E-state index in [0.29, 0.717) is 5.02 Å². The van der Waals surface area contributed by atoms with E-state index in [1.165, 1.54) is 25.1 Å². The lowest BCUT2D eigenvalue weighted by atomic mass is 9.95. The minimum Gasteiger partial charge on any atom is -0.506 e. The van der Waals surface area contributed by atoms with E-state index in [0.717, 1.165) is 18.4 Å². The molecule has 1 aromatic carbocycles. The molecule has 0 radical (unpaired) electrons. The average molecular weight is 254 g/mol. The van der Waals surface area contributed by atoms with Crippen molar-refractivity contribution in [2.45, 2.75) is 26.8 Å². The van der Waals surface area contributed by atoms with Gasteiger partial charge in [-0.3, -0.25) is 4.90 Å². The van der Waals surface area contributed by atoms with Crippen molar-refractivity contribution in [1.29, 1.82) is 0 Å². The Morgan fingerprint density at radius 1 is 1.47 bits per heavy atom. The van der Waals surface area contributed by atoms with Crippen LogP contribution in [0.4, 0.5) is 0 Å². The number of rotatable bonds is 3. The minimum atomic E-state index is 0.164. The molecule has 0 spiro atoms. The second-order valence-corrected chi connectivity index (χ2v) is 5.72. The monoisotopic (exact) mass is 253 g/mol. The molecular formula is C14H20ClNO. The second kappa shape index (κ2) is 5.28. The van der Waals surface area contributed by atoms with E-state index in [1.54, 1.807) is 6.07 Å². The van der Waals surface area contributed by atoms with Crippen molar-refractivity contribution < 1.29 is 5.11 Å². The number of phenolic OH excluding ortho intramolecular Hbond substituents is 1. The fraction of sp³-hybridized carbons (Fsp3) is 0.571. The van der Waals surface area contributed by atoms with Crippen LogP contribution in [-0.2, 0) is 6.54 Å². The SMILES string of the molecule is CC(C)C1CCN(Cc2ccc(O)c(Cl)c2)C1. The largest absolute Gasteiger partial charge is 0.506 e. The van der Waals surface area contributed by atoms with Gasteiger partial charge in [0.2, 0.25) is 0 Å². The quantitative estimate of drug-likeness (QED) is 0.891.